The molecule has 1 aromatic rings. The van der Waals surface area contributed by atoms with Crippen LogP contribution < -0.4 is 4.74 Å². The molecule has 1 aromatic carbocycles. The molecule has 2 saturated heterocycles. The molecule has 2 heterocycles. The number of hydrogen-bond acceptors (Lipinski definition) is 3. The van der Waals surface area contributed by atoms with Crippen LogP contribution in [0.4, 0.5) is 0 Å². The van der Waals surface area contributed by atoms with Gasteiger partial charge in [0.25, 0.3) is 0 Å². The number of ether oxygens (including phenoxy) is 1. The van der Waals surface area contributed by atoms with Crippen molar-refractivity contribution in [2.24, 2.45) is 0 Å². The fourth-order valence-corrected chi connectivity index (χ4v) is 3.77. The van der Waals surface area contributed by atoms with Crippen LogP contribution in [0, 0.1) is 6.92 Å². The van der Waals surface area contributed by atoms with Crippen molar-refractivity contribution in [3.63, 3.8) is 0 Å². The molecular weight excluding hydrogens is 324 g/mol. The van der Waals surface area contributed by atoms with Gasteiger partial charge in [0, 0.05) is 30.6 Å². The second kappa shape index (κ2) is 8.21. The van der Waals surface area contributed by atoms with Gasteiger partial charge in [0.2, 0.25) is 5.91 Å². The highest BCUT2D eigenvalue weighted by molar-refractivity contribution is 6.31. The first kappa shape index (κ1) is 17.6. The van der Waals surface area contributed by atoms with Crippen LogP contribution in [0.1, 0.15) is 37.7 Å². The summed E-state index contributed by atoms with van der Waals surface area (Å²) in [4.78, 5) is 16.9. The first-order chi connectivity index (χ1) is 11.6. The maximum atomic E-state index is 12.4. The SMILES string of the molecule is Cc1cc(OCCCC(=O)N2CCC(N3CCCC3)C2)ccc1Cl. The summed E-state index contributed by atoms with van der Waals surface area (Å²) in [7, 11) is 0. The lowest BCUT2D eigenvalue weighted by molar-refractivity contribution is -0.130. The normalized spacial score (nSPS) is 21.4. The minimum Gasteiger partial charge on any atom is -0.494 e. The smallest absolute Gasteiger partial charge is 0.222 e. The van der Waals surface area contributed by atoms with Gasteiger partial charge in [0.15, 0.2) is 0 Å². The van der Waals surface area contributed by atoms with Crippen LogP contribution >= 0.6 is 11.6 Å². The highest BCUT2D eigenvalue weighted by Gasteiger charge is 2.31. The second-order valence-electron chi connectivity index (χ2n) is 6.89. The number of halogens is 1. The summed E-state index contributed by atoms with van der Waals surface area (Å²) >= 11 is 6.01. The Morgan fingerprint density at radius 1 is 1.29 bits per heavy atom. The van der Waals surface area contributed by atoms with E-state index in [1.54, 1.807) is 0 Å². The lowest BCUT2D eigenvalue weighted by atomic mass is 10.2. The lowest BCUT2D eigenvalue weighted by Crippen LogP contribution is -2.37. The molecule has 1 atom stereocenters. The zero-order valence-electron chi connectivity index (χ0n) is 14.5. The third kappa shape index (κ3) is 4.42. The molecule has 24 heavy (non-hydrogen) atoms. The minimum atomic E-state index is 0.271. The topological polar surface area (TPSA) is 32.8 Å². The molecule has 0 radical (unpaired) electrons. The van der Waals surface area contributed by atoms with E-state index in [2.05, 4.69) is 4.90 Å². The second-order valence-corrected chi connectivity index (χ2v) is 7.30. The van der Waals surface area contributed by atoms with E-state index in [-0.39, 0.29) is 5.91 Å². The third-order valence-electron chi connectivity index (χ3n) is 5.11. The molecule has 132 valence electrons. The van der Waals surface area contributed by atoms with Crippen LogP contribution in [-0.2, 0) is 4.79 Å². The minimum absolute atomic E-state index is 0.271. The summed E-state index contributed by atoms with van der Waals surface area (Å²) in [6.45, 7) is 6.77. The maximum absolute atomic E-state index is 12.4. The molecule has 1 amide bonds. The fourth-order valence-electron chi connectivity index (χ4n) is 3.65. The summed E-state index contributed by atoms with van der Waals surface area (Å²) in [5.41, 5.74) is 1.01. The standard InChI is InChI=1S/C19H27ClN2O2/c1-15-13-17(6-7-18(15)20)24-12-4-5-19(23)22-11-8-16(14-22)21-9-2-3-10-21/h6-7,13,16H,2-5,8-12,14H2,1H3. The van der Waals surface area contributed by atoms with Crippen LogP contribution in [-0.4, -0.2) is 54.5 Å². The number of carbonyl (C=O) groups excluding carboxylic acids is 1. The van der Waals surface area contributed by atoms with E-state index in [9.17, 15) is 4.79 Å². The predicted molar refractivity (Wildman–Crippen MR) is 96.7 cm³/mol. The van der Waals surface area contributed by atoms with Gasteiger partial charge >= 0.3 is 0 Å². The molecule has 1 unspecified atom stereocenters. The number of benzene rings is 1. The highest BCUT2D eigenvalue weighted by atomic mass is 35.5. The van der Waals surface area contributed by atoms with Crippen molar-refractivity contribution in [1.29, 1.82) is 0 Å². The van der Waals surface area contributed by atoms with E-state index in [1.165, 1.54) is 25.9 Å². The first-order valence-corrected chi connectivity index (χ1v) is 9.42. The first-order valence-electron chi connectivity index (χ1n) is 9.04. The van der Waals surface area contributed by atoms with Gasteiger partial charge in [-0.05, 0) is 69.5 Å². The Hall–Kier alpha value is -1.26. The number of carbonyl (C=O) groups is 1. The Kier molecular flexibility index (Phi) is 6.01. The molecule has 0 saturated carbocycles. The van der Waals surface area contributed by atoms with Crippen molar-refractivity contribution in [3.8, 4) is 5.75 Å². The molecule has 2 aliphatic heterocycles. The Labute approximate surface area is 149 Å². The van der Waals surface area contributed by atoms with Crippen LogP contribution in [0.25, 0.3) is 0 Å². The van der Waals surface area contributed by atoms with Gasteiger partial charge in [0.1, 0.15) is 5.75 Å². The molecule has 3 rings (SSSR count). The monoisotopic (exact) mass is 350 g/mol. The van der Waals surface area contributed by atoms with E-state index >= 15 is 0 Å². The van der Waals surface area contributed by atoms with E-state index in [4.69, 9.17) is 16.3 Å². The molecule has 5 heteroatoms. The van der Waals surface area contributed by atoms with Crippen molar-refractivity contribution in [3.05, 3.63) is 28.8 Å². The Morgan fingerprint density at radius 2 is 2.08 bits per heavy atom. The maximum Gasteiger partial charge on any atom is 0.222 e. The van der Waals surface area contributed by atoms with Crippen LogP contribution in [0.5, 0.6) is 5.75 Å². The average molecular weight is 351 g/mol. The van der Waals surface area contributed by atoms with E-state index < -0.39 is 0 Å². The summed E-state index contributed by atoms with van der Waals surface area (Å²) in [6.07, 6.45) is 5.08. The largest absolute Gasteiger partial charge is 0.494 e. The molecule has 0 N–H and O–H groups in total. The van der Waals surface area contributed by atoms with Crippen molar-refractivity contribution in [1.82, 2.24) is 9.80 Å². The molecule has 2 aliphatic rings. The highest BCUT2D eigenvalue weighted by Crippen LogP contribution is 2.22. The summed E-state index contributed by atoms with van der Waals surface area (Å²) in [5, 5.41) is 0.749. The number of rotatable bonds is 6. The number of nitrogens with zero attached hydrogens (tertiary/aromatic N) is 2. The summed E-state index contributed by atoms with van der Waals surface area (Å²) < 4.78 is 5.72. The number of amides is 1. The van der Waals surface area contributed by atoms with Crippen molar-refractivity contribution < 1.29 is 9.53 Å². The van der Waals surface area contributed by atoms with Gasteiger partial charge in [-0.1, -0.05) is 11.6 Å². The van der Waals surface area contributed by atoms with Gasteiger partial charge < -0.3 is 9.64 Å². The Balaban J connectivity index is 1.36. The van der Waals surface area contributed by atoms with E-state index in [1.807, 2.05) is 30.0 Å². The van der Waals surface area contributed by atoms with E-state index in [0.717, 1.165) is 42.3 Å². The summed E-state index contributed by atoms with van der Waals surface area (Å²) in [5.74, 6) is 1.09. The number of hydrogen-bond donors (Lipinski definition) is 0. The van der Waals surface area contributed by atoms with Gasteiger partial charge in [-0.25, -0.2) is 0 Å². The lowest BCUT2D eigenvalue weighted by Gasteiger charge is -2.23. The van der Waals surface area contributed by atoms with Crippen LogP contribution in [0.3, 0.4) is 0 Å². The zero-order chi connectivity index (χ0) is 16.9. The quantitative estimate of drug-likeness (QED) is 0.736. The van der Waals surface area contributed by atoms with Crippen molar-refractivity contribution in [2.45, 2.75) is 45.1 Å². The molecule has 0 aromatic heterocycles. The van der Waals surface area contributed by atoms with Gasteiger partial charge in [-0.2, -0.15) is 0 Å². The van der Waals surface area contributed by atoms with Crippen LogP contribution in [0.2, 0.25) is 5.02 Å². The van der Waals surface area contributed by atoms with Crippen molar-refractivity contribution >= 4 is 17.5 Å². The number of likely N-dealkylation sites (tertiary alicyclic amines) is 2. The zero-order valence-corrected chi connectivity index (χ0v) is 15.2. The molecular formula is C19H27ClN2O2. The Bertz CT molecular complexity index is 572. The average Bonchev–Trinajstić information content (AvgIpc) is 3.25. The number of aryl methyl sites for hydroxylation is 1. The molecule has 0 bridgehead atoms. The fraction of sp³-hybridized carbons (Fsp3) is 0.632. The summed E-state index contributed by atoms with van der Waals surface area (Å²) in [6, 6.07) is 6.24. The van der Waals surface area contributed by atoms with Gasteiger partial charge in [-0.3, -0.25) is 9.69 Å². The Morgan fingerprint density at radius 3 is 2.83 bits per heavy atom. The van der Waals surface area contributed by atoms with Crippen LogP contribution in [0.15, 0.2) is 18.2 Å². The van der Waals surface area contributed by atoms with Crippen molar-refractivity contribution in [2.75, 3.05) is 32.8 Å². The third-order valence-corrected chi connectivity index (χ3v) is 5.53. The predicted octanol–water partition coefficient (Wildman–Crippen LogP) is 3.50. The molecule has 2 fully saturated rings. The van der Waals surface area contributed by atoms with E-state index in [0.29, 0.717) is 19.1 Å². The molecule has 4 nitrogen and oxygen atoms in total. The van der Waals surface area contributed by atoms with Gasteiger partial charge in [0.05, 0.1) is 6.61 Å². The molecule has 0 aliphatic carbocycles. The molecule has 0 spiro atoms. The van der Waals surface area contributed by atoms with Gasteiger partial charge in [-0.15, -0.1) is 0 Å².